The van der Waals surface area contributed by atoms with Crippen LogP contribution in [0.5, 0.6) is 0 Å². The molecule has 3 heteroatoms. The van der Waals surface area contributed by atoms with Crippen LogP contribution in [0.1, 0.15) is 11.1 Å². The first kappa shape index (κ1) is 8.45. The minimum Gasteiger partial charge on any atom is -0.396 e. The summed E-state index contributed by atoms with van der Waals surface area (Å²) in [7, 11) is 0. The van der Waals surface area contributed by atoms with Crippen LogP contribution in [0.4, 0.5) is 5.69 Å². The molecule has 0 saturated carbocycles. The second kappa shape index (κ2) is 2.67. The Morgan fingerprint density at radius 3 is 2.69 bits per heavy atom. The Kier molecular flexibility index (Phi) is 1.74. The molecule has 13 heavy (non-hydrogen) atoms. The van der Waals surface area contributed by atoms with Gasteiger partial charge in [-0.1, -0.05) is 23.7 Å². The number of hydrogen-bond donors (Lipinski definition) is 2. The van der Waals surface area contributed by atoms with Gasteiger partial charge in [-0.05, 0) is 25.0 Å². The highest BCUT2D eigenvalue weighted by molar-refractivity contribution is 6.34. The van der Waals surface area contributed by atoms with Gasteiger partial charge in [0, 0.05) is 5.39 Å². The molecule has 1 aromatic heterocycles. The minimum atomic E-state index is 0.531. The molecule has 1 heterocycles. The zero-order chi connectivity index (χ0) is 9.59. The number of fused-ring (bicyclic) bond motifs is 1. The van der Waals surface area contributed by atoms with Crippen molar-refractivity contribution in [1.29, 1.82) is 0 Å². The van der Waals surface area contributed by atoms with Crippen molar-refractivity contribution in [3.63, 3.8) is 0 Å². The fourth-order valence-electron chi connectivity index (χ4n) is 1.50. The summed E-state index contributed by atoms with van der Waals surface area (Å²) in [6, 6.07) is 4.05. The lowest BCUT2D eigenvalue weighted by molar-refractivity contribution is 1.34. The molecule has 0 bridgehead atoms. The highest BCUT2D eigenvalue weighted by Gasteiger charge is 2.08. The van der Waals surface area contributed by atoms with Crippen molar-refractivity contribution in [2.75, 3.05) is 5.73 Å². The molecule has 0 fully saturated rings. The molecule has 2 nitrogen and oxygen atoms in total. The van der Waals surface area contributed by atoms with E-state index in [1.54, 1.807) is 0 Å². The number of aromatic amines is 1. The molecule has 0 unspecified atom stereocenters. The first-order valence-electron chi connectivity index (χ1n) is 4.14. The Morgan fingerprint density at radius 1 is 1.31 bits per heavy atom. The van der Waals surface area contributed by atoms with E-state index in [4.69, 9.17) is 17.3 Å². The van der Waals surface area contributed by atoms with Crippen molar-refractivity contribution in [1.82, 2.24) is 4.98 Å². The van der Waals surface area contributed by atoms with Crippen molar-refractivity contribution in [2.24, 2.45) is 0 Å². The molecule has 0 aliphatic heterocycles. The van der Waals surface area contributed by atoms with Crippen molar-refractivity contribution in [2.45, 2.75) is 13.8 Å². The molecule has 68 valence electrons. The number of aromatic nitrogens is 1. The van der Waals surface area contributed by atoms with Crippen molar-refractivity contribution in [3.8, 4) is 0 Å². The van der Waals surface area contributed by atoms with Gasteiger partial charge in [0.15, 0.2) is 0 Å². The maximum absolute atomic E-state index is 5.90. The number of benzene rings is 1. The Bertz CT molecular complexity index is 471. The third kappa shape index (κ3) is 1.10. The summed E-state index contributed by atoms with van der Waals surface area (Å²) in [5, 5.41) is 1.54. The maximum Gasteiger partial charge on any atom is 0.130 e. The largest absolute Gasteiger partial charge is 0.396 e. The summed E-state index contributed by atoms with van der Waals surface area (Å²) in [6.07, 6.45) is 0. The maximum atomic E-state index is 5.90. The molecule has 2 aromatic rings. The van der Waals surface area contributed by atoms with E-state index in [-0.39, 0.29) is 0 Å². The number of hydrogen-bond acceptors (Lipinski definition) is 1. The van der Waals surface area contributed by atoms with Crippen molar-refractivity contribution < 1.29 is 0 Å². The minimum absolute atomic E-state index is 0.531. The average Bonchev–Trinajstić information content (AvgIpc) is 2.38. The number of nitrogens with two attached hydrogens (primary N) is 1. The standard InChI is InChI=1S/C10H11ClN2/c1-5-3-4-7-8(12)10(11)13-9(7)6(5)2/h3-4,13H,12H2,1-2H3. The van der Waals surface area contributed by atoms with Crippen LogP contribution in [0, 0.1) is 13.8 Å². The average molecular weight is 195 g/mol. The third-order valence-corrected chi connectivity index (χ3v) is 2.80. The molecule has 0 aliphatic rings. The molecule has 2 rings (SSSR count). The Morgan fingerprint density at radius 2 is 2.00 bits per heavy atom. The Hall–Kier alpha value is -1.15. The van der Waals surface area contributed by atoms with Gasteiger partial charge in [-0.15, -0.1) is 0 Å². The molecular formula is C10H11ClN2. The second-order valence-corrected chi connectivity index (χ2v) is 3.66. The number of nitrogens with one attached hydrogen (secondary N) is 1. The first-order valence-corrected chi connectivity index (χ1v) is 4.52. The molecule has 0 radical (unpaired) electrons. The number of halogens is 1. The summed E-state index contributed by atoms with van der Waals surface area (Å²) >= 11 is 5.90. The number of rotatable bonds is 0. The lowest BCUT2D eigenvalue weighted by Crippen LogP contribution is -1.84. The van der Waals surface area contributed by atoms with Crippen LogP contribution in [-0.2, 0) is 0 Å². The molecule has 0 amide bonds. The van der Waals surface area contributed by atoms with Gasteiger partial charge in [0.05, 0.1) is 11.2 Å². The summed E-state index contributed by atoms with van der Waals surface area (Å²) in [5.74, 6) is 0. The van der Waals surface area contributed by atoms with Gasteiger partial charge < -0.3 is 10.7 Å². The molecular weight excluding hydrogens is 184 g/mol. The monoisotopic (exact) mass is 194 g/mol. The summed E-state index contributed by atoms with van der Waals surface area (Å²) in [4.78, 5) is 3.08. The lowest BCUT2D eigenvalue weighted by atomic mass is 10.1. The van der Waals surface area contributed by atoms with E-state index >= 15 is 0 Å². The smallest absolute Gasteiger partial charge is 0.130 e. The zero-order valence-corrected chi connectivity index (χ0v) is 8.37. The van der Waals surface area contributed by atoms with E-state index in [9.17, 15) is 0 Å². The Labute approximate surface area is 81.7 Å². The molecule has 0 atom stereocenters. The van der Waals surface area contributed by atoms with Gasteiger partial charge in [-0.25, -0.2) is 0 Å². The number of nitrogen functional groups attached to an aromatic ring is 1. The highest BCUT2D eigenvalue weighted by Crippen LogP contribution is 2.31. The predicted molar refractivity (Wildman–Crippen MR) is 57.2 cm³/mol. The zero-order valence-electron chi connectivity index (χ0n) is 7.61. The van der Waals surface area contributed by atoms with E-state index in [1.807, 2.05) is 6.07 Å². The normalized spacial score (nSPS) is 11.0. The predicted octanol–water partition coefficient (Wildman–Crippen LogP) is 3.02. The second-order valence-electron chi connectivity index (χ2n) is 3.28. The molecule has 3 N–H and O–H groups in total. The van der Waals surface area contributed by atoms with Crippen molar-refractivity contribution >= 4 is 28.2 Å². The lowest BCUT2D eigenvalue weighted by Gasteiger charge is -2.00. The van der Waals surface area contributed by atoms with E-state index in [0.717, 1.165) is 10.9 Å². The molecule has 0 saturated heterocycles. The van der Waals surface area contributed by atoms with Gasteiger partial charge in [-0.2, -0.15) is 0 Å². The SMILES string of the molecule is Cc1ccc2c(N)c(Cl)[nH]c2c1C. The van der Waals surface area contributed by atoms with E-state index in [2.05, 4.69) is 24.9 Å². The van der Waals surface area contributed by atoms with Crippen LogP contribution in [-0.4, -0.2) is 4.98 Å². The van der Waals surface area contributed by atoms with Crippen LogP contribution in [0.2, 0.25) is 5.15 Å². The van der Waals surface area contributed by atoms with Crippen LogP contribution in [0.3, 0.4) is 0 Å². The van der Waals surface area contributed by atoms with Crippen molar-refractivity contribution in [3.05, 3.63) is 28.4 Å². The van der Waals surface area contributed by atoms with Gasteiger partial charge in [0.25, 0.3) is 0 Å². The fraction of sp³-hybridized carbons (Fsp3) is 0.200. The van der Waals surface area contributed by atoms with Gasteiger partial charge in [0.2, 0.25) is 0 Å². The molecule has 1 aromatic carbocycles. The number of aryl methyl sites for hydroxylation is 2. The first-order chi connectivity index (χ1) is 6.11. The highest BCUT2D eigenvalue weighted by atomic mass is 35.5. The quantitative estimate of drug-likeness (QED) is 0.665. The number of H-pyrrole nitrogens is 1. The summed E-state index contributed by atoms with van der Waals surface area (Å²) in [6.45, 7) is 4.13. The van der Waals surface area contributed by atoms with Gasteiger partial charge in [-0.3, -0.25) is 0 Å². The Balaban J connectivity index is 2.94. The van der Waals surface area contributed by atoms with Gasteiger partial charge >= 0.3 is 0 Å². The van der Waals surface area contributed by atoms with E-state index < -0.39 is 0 Å². The summed E-state index contributed by atoms with van der Waals surface area (Å²) < 4.78 is 0. The topological polar surface area (TPSA) is 41.8 Å². The van der Waals surface area contributed by atoms with E-state index in [0.29, 0.717) is 10.8 Å². The molecule has 0 spiro atoms. The van der Waals surface area contributed by atoms with Crippen LogP contribution >= 0.6 is 11.6 Å². The van der Waals surface area contributed by atoms with Crippen LogP contribution in [0.15, 0.2) is 12.1 Å². The van der Waals surface area contributed by atoms with Crippen LogP contribution < -0.4 is 5.73 Å². The van der Waals surface area contributed by atoms with Gasteiger partial charge in [0.1, 0.15) is 5.15 Å². The number of anilines is 1. The van der Waals surface area contributed by atoms with E-state index in [1.165, 1.54) is 11.1 Å². The van der Waals surface area contributed by atoms with Crippen LogP contribution in [0.25, 0.3) is 10.9 Å². The fourth-order valence-corrected chi connectivity index (χ4v) is 1.69. The molecule has 0 aliphatic carbocycles. The third-order valence-electron chi connectivity index (χ3n) is 2.50. The summed E-state index contributed by atoms with van der Waals surface area (Å²) in [5.41, 5.74) is 9.92.